The van der Waals surface area contributed by atoms with Gasteiger partial charge in [-0.2, -0.15) is 0 Å². The molecule has 1 heterocycles. The molecular weight excluding hydrogens is 234 g/mol. The van der Waals surface area contributed by atoms with E-state index in [2.05, 4.69) is 18.7 Å². The Kier molecular flexibility index (Phi) is 5.88. The standard InChI is InChI=1S/C13H21NO4/c1-3-10(4-2)14(7-8-15)9-11-5-6-12(18-11)13(16)17/h5-6,10,15H,3-4,7-9H2,1-2H3,(H,16,17). The molecule has 2 N–H and O–H groups in total. The van der Waals surface area contributed by atoms with Crippen molar-refractivity contribution >= 4 is 5.97 Å². The molecule has 0 amide bonds. The Balaban J connectivity index is 2.72. The third-order valence-corrected chi connectivity index (χ3v) is 3.08. The molecule has 0 unspecified atom stereocenters. The first-order chi connectivity index (χ1) is 8.62. The lowest BCUT2D eigenvalue weighted by molar-refractivity contribution is 0.0655. The minimum atomic E-state index is -1.06. The number of rotatable bonds is 8. The van der Waals surface area contributed by atoms with E-state index < -0.39 is 5.97 Å². The van der Waals surface area contributed by atoms with Crippen LogP contribution in [-0.2, 0) is 6.54 Å². The average molecular weight is 255 g/mol. The number of carboxylic acids is 1. The largest absolute Gasteiger partial charge is 0.475 e. The van der Waals surface area contributed by atoms with Gasteiger partial charge in [0.25, 0.3) is 0 Å². The lowest BCUT2D eigenvalue weighted by Crippen LogP contribution is -2.36. The molecule has 0 saturated heterocycles. The molecule has 0 bridgehead atoms. The molecule has 5 nitrogen and oxygen atoms in total. The van der Waals surface area contributed by atoms with Crippen molar-refractivity contribution in [3.63, 3.8) is 0 Å². The Morgan fingerprint density at radius 1 is 1.39 bits per heavy atom. The molecule has 0 saturated carbocycles. The van der Waals surface area contributed by atoms with Gasteiger partial charge in [0.05, 0.1) is 13.2 Å². The SMILES string of the molecule is CCC(CC)N(CCO)Cc1ccc(C(=O)O)o1. The fraction of sp³-hybridized carbons (Fsp3) is 0.615. The van der Waals surface area contributed by atoms with E-state index in [4.69, 9.17) is 14.6 Å². The van der Waals surface area contributed by atoms with Crippen LogP contribution >= 0.6 is 0 Å². The fourth-order valence-corrected chi connectivity index (χ4v) is 2.10. The highest BCUT2D eigenvalue weighted by molar-refractivity contribution is 5.84. The summed E-state index contributed by atoms with van der Waals surface area (Å²) in [7, 11) is 0. The van der Waals surface area contributed by atoms with Crippen LogP contribution in [0, 0.1) is 0 Å². The normalized spacial score (nSPS) is 11.4. The lowest BCUT2D eigenvalue weighted by atomic mass is 10.1. The lowest BCUT2D eigenvalue weighted by Gasteiger charge is -2.28. The summed E-state index contributed by atoms with van der Waals surface area (Å²) in [5, 5.41) is 17.9. The second-order valence-corrected chi connectivity index (χ2v) is 4.24. The van der Waals surface area contributed by atoms with Crippen molar-refractivity contribution < 1.29 is 19.4 Å². The number of aliphatic hydroxyl groups is 1. The summed E-state index contributed by atoms with van der Waals surface area (Å²) in [5.41, 5.74) is 0. The van der Waals surface area contributed by atoms with Gasteiger partial charge >= 0.3 is 5.97 Å². The van der Waals surface area contributed by atoms with Gasteiger partial charge in [-0.15, -0.1) is 0 Å². The van der Waals surface area contributed by atoms with E-state index in [-0.39, 0.29) is 12.4 Å². The van der Waals surface area contributed by atoms with Gasteiger partial charge in [0.15, 0.2) is 0 Å². The summed E-state index contributed by atoms with van der Waals surface area (Å²) in [4.78, 5) is 12.8. The molecule has 0 aromatic carbocycles. The van der Waals surface area contributed by atoms with Crippen molar-refractivity contribution in [3.8, 4) is 0 Å². The number of hydrogen-bond donors (Lipinski definition) is 2. The first kappa shape index (κ1) is 14.7. The number of aromatic carboxylic acids is 1. The summed E-state index contributed by atoms with van der Waals surface area (Å²) in [6.45, 7) is 5.38. The first-order valence-electron chi connectivity index (χ1n) is 6.29. The molecule has 1 aromatic rings. The van der Waals surface area contributed by atoms with E-state index >= 15 is 0 Å². The molecule has 0 aliphatic rings. The molecule has 0 radical (unpaired) electrons. The molecule has 0 fully saturated rings. The second-order valence-electron chi connectivity index (χ2n) is 4.24. The number of carbonyl (C=O) groups is 1. The molecular formula is C13H21NO4. The third kappa shape index (κ3) is 3.85. The molecule has 1 rings (SSSR count). The number of nitrogens with zero attached hydrogens (tertiary/aromatic N) is 1. The van der Waals surface area contributed by atoms with E-state index in [0.717, 1.165) is 12.8 Å². The highest BCUT2D eigenvalue weighted by Crippen LogP contribution is 2.15. The Bertz CT molecular complexity index is 371. The Labute approximate surface area is 107 Å². The van der Waals surface area contributed by atoms with Crippen LogP contribution in [0.3, 0.4) is 0 Å². The van der Waals surface area contributed by atoms with Crippen molar-refractivity contribution in [2.24, 2.45) is 0 Å². The minimum Gasteiger partial charge on any atom is -0.475 e. The van der Waals surface area contributed by atoms with Crippen LogP contribution < -0.4 is 0 Å². The van der Waals surface area contributed by atoms with E-state index in [9.17, 15) is 4.79 Å². The van der Waals surface area contributed by atoms with Gasteiger partial charge in [-0.3, -0.25) is 4.90 Å². The molecule has 0 aliphatic heterocycles. The second kappa shape index (κ2) is 7.18. The summed E-state index contributed by atoms with van der Waals surface area (Å²) in [6, 6.07) is 3.51. The van der Waals surface area contributed by atoms with Crippen LogP contribution in [0.4, 0.5) is 0 Å². The molecule has 1 aromatic heterocycles. The summed E-state index contributed by atoms with van der Waals surface area (Å²) in [6.07, 6.45) is 1.98. The fourth-order valence-electron chi connectivity index (χ4n) is 2.10. The first-order valence-corrected chi connectivity index (χ1v) is 6.29. The predicted molar refractivity (Wildman–Crippen MR) is 67.5 cm³/mol. The number of aliphatic hydroxyl groups excluding tert-OH is 1. The van der Waals surface area contributed by atoms with Gasteiger partial charge in [-0.1, -0.05) is 13.8 Å². The van der Waals surface area contributed by atoms with Crippen molar-refractivity contribution in [2.75, 3.05) is 13.2 Å². The maximum atomic E-state index is 10.7. The Morgan fingerprint density at radius 3 is 2.50 bits per heavy atom. The monoisotopic (exact) mass is 255 g/mol. The Hall–Kier alpha value is -1.33. The van der Waals surface area contributed by atoms with Gasteiger partial charge in [-0.25, -0.2) is 4.79 Å². The highest BCUT2D eigenvalue weighted by Gasteiger charge is 2.17. The molecule has 5 heteroatoms. The summed E-state index contributed by atoms with van der Waals surface area (Å²) < 4.78 is 5.24. The van der Waals surface area contributed by atoms with E-state index in [0.29, 0.717) is 24.9 Å². The minimum absolute atomic E-state index is 0.0431. The van der Waals surface area contributed by atoms with E-state index in [1.54, 1.807) is 6.07 Å². The van der Waals surface area contributed by atoms with Crippen molar-refractivity contribution in [1.29, 1.82) is 0 Å². The topological polar surface area (TPSA) is 73.9 Å². The zero-order valence-corrected chi connectivity index (χ0v) is 10.9. The van der Waals surface area contributed by atoms with Crippen LogP contribution in [-0.4, -0.2) is 40.3 Å². The van der Waals surface area contributed by atoms with Gasteiger partial charge in [-0.05, 0) is 25.0 Å². The van der Waals surface area contributed by atoms with Crippen LogP contribution in [0.25, 0.3) is 0 Å². The van der Waals surface area contributed by atoms with Crippen LogP contribution in [0.15, 0.2) is 16.5 Å². The maximum Gasteiger partial charge on any atom is 0.371 e. The predicted octanol–water partition coefficient (Wildman–Crippen LogP) is 1.96. The highest BCUT2D eigenvalue weighted by atomic mass is 16.4. The van der Waals surface area contributed by atoms with Gasteiger partial charge < -0.3 is 14.6 Å². The number of hydrogen-bond acceptors (Lipinski definition) is 4. The quantitative estimate of drug-likeness (QED) is 0.742. The van der Waals surface area contributed by atoms with Crippen LogP contribution in [0.1, 0.15) is 43.0 Å². The van der Waals surface area contributed by atoms with Crippen LogP contribution in [0.2, 0.25) is 0 Å². The molecule has 0 aliphatic carbocycles. The van der Waals surface area contributed by atoms with E-state index in [1.807, 2.05) is 0 Å². The van der Waals surface area contributed by atoms with Gasteiger partial charge in [0.2, 0.25) is 5.76 Å². The summed E-state index contributed by atoms with van der Waals surface area (Å²) in [5.74, 6) is -0.483. The van der Waals surface area contributed by atoms with Crippen molar-refractivity contribution in [3.05, 3.63) is 23.7 Å². The average Bonchev–Trinajstić information content (AvgIpc) is 2.79. The molecule has 18 heavy (non-hydrogen) atoms. The van der Waals surface area contributed by atoms with Crippen molar-refractivity contribution in [1.82, 2.24) is 4.90 Å². The zero-order valence-electron chi connectivity index (χ0n) is 10.9. The number of furan rings is 1. The Morgan fingerprint density at radius 2 is 2.06 bits per heavy atom. The molecule has 0 atom stereocenters. The number of carboxylic acid groups (broad SMARTS) is 1. The van der Waals surface area contributed by atoms with Gasteiger partial charge in [0, 0.05) is 12.6 Å². The zero-order chi connectivity index (χ0) is 13.5. The molecule has 0 spiro atoms. The van der Waals surface area contributed by atoms with Gasteiger partial charge in [0.1, 0.15) is 5.76 Å². The summed E-state index contributed by atoms with van der Waals surface area (Å²) >= 11 is 0. The van der Waals surface area contributed by atoms with Crippen LogP contribution in [0.5, 0.6) is 0 Å². The maximum absolute atomic E-state index is 10.7. The smallest absolute Gasteiger partial charge is 0.371 e. The van der Waals surface area contributed by atoms with E-state index in [1.165, 1.54) is 6.07 Å². The van der Waals surface area contributed by atoms with Crippen molar-refractivity contribution in [2.45, 2.75) is 39.3 Å². The molecule has 102 valence electrons. The third-order valence-electron chi connectivity index (χ3n) is 3.08.